The molecule has 8 heteroatoms. The predicted molar refractivity (Wildman–Crippen MR) is 114 cm³/mol. The molecule has 0 unspecified atom stereocenters. The number of amides is 1. The summed E-state index contributed by atoms with van der Waals surface area (Å²) in [6.07, 6.45) is 3.73. The first-order chi connectivity index (χ1) is 14.0. The molecular weight excluding hydrogens is 372 g/mol. The molecule has 154 valence electrons. The number of methoxy groups -OCH3 is 1. The van der Waals surface area contributed by atoms with Gasteiger partial charge in [-0.1, -0.05) is 0 Å². The van der Waals surface area contributed by atoms with Gasteiger partial charge in [-0.25, -0.2) is 0 Å². The van der Waals surface area contributed by atoms with E-state index in [-0.39, 0.29) is 17.3 Å². The molecule has 0 aliphatic carbocycles. The molecule has 8 nitrogen and oxygen atoms in total. The monoisotopic (exact) mass is 398 g/mol. The van der Waals surface area contributed by atoms with Crippen LogP contribution in [0.5, 0.6) is 5.75 Å². The van der Waals surface area contributed by atoms with Crippen LogP contribution in [0, 0.1) is 10.1 Å². The minimum Gasteiger partial charge on any atom is -0.495 e. The molecule has 0 spiro atoms. The Morgan fingerprint density at radius 1 is 1.14 bits per heavy atom. The second-order valence-corrected chi connectivity index (χ2v) is 7.09. The Balaban J connectivity index is 1.63. The summed E-state index contributed by atoms with van der Waals surface area (Å²) in [4.78, 5) is 25.4. The summed E-state index contributed by atoms with van der Waals surface area (Å²) in [7, 11) is 1.45. The molecule has 1 aliphatic heterocycles. The molecule has 2 N–H and O–H groups in total. The lowest BCUT2D eigenvalue weighted by atomic mass is 10.1. The van der Waals surface area contributed by atoms with Crippen LogP contribution in [0.1, 0.15) is 26.2 Å². The second kappa shape index (κ2) is 9.27. The fourth-order valence-corrected chi connectivity index (χ4v) is 3.38. The van der Waals surface area contributed by atoms with Gasteiger partial charge in [-0.2, -0.15) is 0 Å². The van der Waals surface area contributed by atoms with Gasteiger partial charge in [-0.05, 0) is 56.5 Å². The fraction of sp³-hybridized carbons (Fsp3) is 0.381. The van der Waals surface area contributed by atoms with E-state index in [1.807, 2.05) is 12.1 Å². The van der Waals surface area contributed by atoms with Gasteiger partial charge in [-0.15, -0.1) is 0 Å². The highest BCUT2D eigenvalue weighted by atomic mass is 16.6. The standard InChI is InChI=1S/C21H26N4O4/c1-15(21(26)23-19-14-18(25(27)28)10-11-20(19)29-2)22-16-6-8-17(9-7-16)24-12-4-3-5-13-24/h6-11,14-15,22H,3-5,12-13H2,1-2H3,(H,23,26)/t15-/m1/s1. The number of anilines is 3. The normalized spacial score (nSPS) is 14.8. The van der Waals surface area contributed by atoms with Crippen molar-refractivity contribution in [3.8, 4) is 5.75 Å². The average molecular weight is 398 g/mol. The van der Waals surface area contributed by atoms with E-state index in [1.165, 1.54) is 50.3 Å². The van der Waals surface area contributed by atoms with Crippen molar-refractivity contribution in [2.75, 3.05) is 35.7 Å². The van der Waals surface area contributed by atoms with E-state index in [1.54, 1.807) is 6.92 Å². The van der Waals surface area contributed by atoms with Crippen LogP contribution in [-0.2, 0) is 4.79 Å². The summed E-state index contributed by atoms with van der Waals surface area (Å²) in [5, 5.41) is 16.9. The Hall–Kier alpha value is -3.29. The number of carbonyl (C=O) groups excluding carboxylic acids is 1. The van der Waals surface area contributed by atoms with E-state index in [0.29, 0.717) is 5.75 Å². The summed E-state index contributed by atoms with van der Waals surface area (Å²) in [6, 6.07) is 11.6. The van der Waals surface area contributed by atoms with Crippen molar-refractivity contribution in [1.29, 1.82) is 0 Å². The van der Waals surface area contributed by atoms with Gasteiger partial charge in [0.2, 0.25) is 5.91 Å². The molecule has 1 aliphatic rings. The SMILES string of the molecule is COc1ccc([N+](=O)[O-])cc1NC(=O)[C@@H](C)Nc1ccc(N2CCCCC2)cc1. The first kappa shape index (κ1) is 20.4. The molecule has 1 amide bonds. The van der Waals surface area contributed by atoms with Gasteiger partial charge in [0.1, 0.15) is 11.8 Å². The third-order valence-electron chi connectivity index (χ3n) is 5.02. The molecule has 1 atom stereocenters. The van der Waals surface area contributed by atoms with Crippen molar-refractivity contribution >= 4 is 28.7 Å². The second-order valence-electron chi connectivity index (χ2n) is 7.09. The Morgan fingerprint density at radius 2 is 1.83 bits per heavy atom. The maximum Gasteiger partial charge on any atom is 0.271 e. The molecule has 0 aromatic heterocycles. The van der Waals surface area contributed by atoms with Gasteiger partial charge < -0.3 is 20.3 Å². The molecule has 1 saturated heterocycles. The number of ether oxygens (including phenoxy) is 1. The van der Waals surface area contributed by atoms with Crippen molar-refractivity contribution in [2.45, 2.75) is 32.2 Å². The summed E-state index contributed by atoms with van der Waals surface area (Å²) in [6.45, 7) is 3.89. The van der Waals surface area contributed by atoms with Crippen molar-refractivity contribution in [3.63, 3.8) is 0 Å². The van der Waals surface area contributed by atoms with Crippen molar-refractivity contribution in [2.24, 2.45) is 0 Å². The number of nitrogens with one attached hydrogen (secondary N) is 2. The zero-order valence-electron chi connectivity index (χ0n) is 16.7. The van der Waals surface area contributed by atoms with Gasteiger partial charge in [0.15, 0.2) is 0 Å². The highest BCUT2D eigenvalue weighted by Gasteiger charge is 2.18. The first-order valence-corrected chi connectivity index (χ1v) is 9.73. The number of carbonyl (C=O) groups is 1. The third kappa shape index (κ3) is 5.16. The Morgan fingerprint density at radius 3 is 2.45 bits per heavy atom. The van der Waals surface area contributed by atoms with E-state index in [4.69, 9.17) is 4.74 Å². The van der Waals surface area contributed by atoms with E-state index < -0.39 is 11.0 Å². The predicted octanol–water partition coefficient (Wildman–Crippen LogP) is 4.03. The molecule has 3 rings (SSSR count). The molecule has 0 radical (unpaired) electrons. The maximum absolute atomic E-state index is 12.6. The van der Waals surface area contributed by atoms with Crippen LogP contribution in [0.3, 0.4) is 0 Å². The minimum absolute atomic E-state index is 0.116. The summed E-state index contributed by atoms with van der Waals surface area (Å²) in [5.74, 6) is 0.0472. The Labute approximate surface area is 170 Å². The number of nitro benzene ring substituents is 1. The smallest absolute Gasteiger partial charge is 0.271 e. The van der Waals surface area contributed by atoms with Crippen molar-refractivity contribution in [1.82, 2.24) is 0 Å². The summed E-state index contributed by atoms with van der Waals surface area (Å²) < 4.78 is 5.19. The molecule has 1 fully saturated rings. The van der Waals surface area contributed by atoms with Crippen molar-refractivity contribution in [3.05, 3.63) is 52.6 Å². The van der Waals surface area contributed by atoms with Crippen LogP contribution < -0.4 is 20.3 Å². The van der Waals surface area contributed by atoms with Gasteiger partial charge in [0.05, 0.1) is 17.7 Å². The largest absolute Gasteiger partial charge is 0.495 e. The summed E-state index contributed by atoms with van der Waals surface area (Å²) in [5.41, 5.74) is 2.17. The lowest BCUT2D eigenvalue weighted by molar-refractivity contribution is -0.384. The summed E-state index contributed by atoms with van der Waals surface area (Å²) >= 11 is 0. The molecule has 2 aromatic carbocycles. The van der Waals surface area contributed by atoms with Gasteiger partial charge in [0, 0.05) is 36.6 Å². The Bertz CT molecular complexity index is 863. The van der Waals surface area contributed by atoms with E-state index in [9.17, 15) is 14.9 Å². The van der Waals surface area contributed by atoms with E-state index >= 15 is 0 Å². The zero-order chi connectivity index (χ0) is 20.8. The van der Waals surface area contributed by atoms with Gasteiger partial charge in [0.25, 0.3) is 5.69 Å². The lowest BCUT2D eigenvalue weighted by Gasteiger charge is -2.29. The van der Waals surface area contributed by atoms with Crippen LogP contribution in [0.25, 0.3) is 0 Å². The minimum atomic E-state index is -0.542. The van der Waals surface area contributed by atoms with Crippen LogP contribution in [-0.4, -0.2) is 37.1 Å². The zero-order valence-corrected chi connectivity index (χ0v) is 16.7. The number of hydrogen-bond donors (Lipinski definition) is 2. The topological polar surface area (TPSA) is 96.7 Å². The number of nitrogens with zero attached hydrogens (tertiary/aromatic N) is 2. The molecule has 0 saturated carbocycles. The van der Waals surface area contributed by atoms with Crippen LogP contribution >= 0.6 is 0 Å². The number of hydrogen-bond acceptors (Lipinski definition) is 6. The first-order valence-electron chi connectivity index (χ1n) is 9.73. The highest BCUT2D eigenvalue weighted by Crippen LogP contribution is 2.29. The van der Waals surface area contributed by atoms with Gasteiger partial charge >= 0.3 is 0 Å². The van der Waals surface area contributed by atoms with Crippen molar-refractivity contribution < 1.29 is 14.5 Å². The molecule has 1 heterocycles. The number of nitro groups is 1. The third-order valence-corrected chi connectivity index (χ3v) is 5.02. The highest BCUT2D eigenvalue weighted by molar-refractivity contribution is 5.97. The quantitative estimate of drug-likeness (QED) is 0.540. The lowest BCUT2D eigenvalue weighted by Crippen LogP contribution is -2.32. The Kier molecular flexibility index (Phi) is 6.54. The van der Waals surface area contributed by atoms with E-state index in [0.717, 1.165) is 18.8 Å². The molecule has 2 aromatic rings. The number of rotatable bonds is 7. The van der Waals surface area contributed by atoms with Crippen LogP contribution in [0.2, 0.25) is 0 Å². The molecular formula is C21H26N4O4. The molecule has 29 heavy (non-hydrogen) atoms. The molecule has 0 bridgehead atoms. The number of piperidine rings is 1. The number of benzene rings is 2. The van der Waals surface area contributed by atoms with Crippen LogP contribution in [0.15, 0.2) is 42.5 Å². The van der Waals surface area contributed by atoms with Crippen LogP contribution in [0.4, 0.5) is 22.7 Å². The van der Waals surface area contributed by atoms with E-state index in [2.05, 4.69) is 27.7 Å². The fourth-order valence-electron chi connectivity index (χ4n) is 3.38. The average Bonchev–Trinajstić information content (AvgIpc) is 2.74. The maximum atomic E-state index is 12.6. The van der Waals surface area contributed by atoms with Gasteiger partial charge in [-0.3, -0.25) is 14.9 Å². The number of non-ortho nitro benzene ring substituents is 1.